The summed E-state index contributed by atoms with van der Waals surface area (Å²) in [6.07, 6.45) is 6.09. The van der Waals surface area contributed by atoms with Crippen molar-refractivity contribution in [1.82, 2.24) is 15.3 Å². The highest BCUT2D eigenvalue weighted by molar-refractivity contribution is 7.92. The molecule has 0 spiro atoms. The maximum absolute atomic E-state index is 12.9. The number of aromatic nitrogens is 2. The standard InChI is InChI=1S/C30H40ClN5O3S/c1-18(2)39-27-16-23(21-11-13-22(32-6)14-12-21)20(5)15-26(27)35-30-33-17-24(31)29(36-30)34-25-9-7-8-10-28(25)40(37,38)19(3)4/h7-10,15-19,21-22,32H,11-14H2,1-6H3,(H2,33,34,35,36)/t21-,22-. The number of nitrogens with zero attached hydrogens (tertiary/aromatic N) is 2. The van der Waals surface area contributed by atoms with Gasteiger partial charge >= 0.3 is 0 Å². The van der Waals surface area contributed by atoms with Gasteiger partial charge in [0.05, 0.1) is 33.8 Å². The first kappa shape index (κ1) is 30.1. The van der Waals surface area contributed by atoms with Gasteiger partial charge in [0.15, 0.2) is 15.7 Å². The molecule has 216 valence electrons. The van der Waals surface area contributed by atoms with Crippen LogP contribution in [0.2, 0.25) is 5.02 Å². The first-order valence-corrected chi connectivity index (χ1v) is 15.8. The molecule has 3 N–H and O–H groups in total. The van der Waals surface area contributed by atoms with Crippen LogP contribution in [0.5, 0.6) is 5.75 Å². The molecule has 0 aliphatic heterocycles. The van der Waals surface area contributed by atoms with Crippen LogP contribution in [0.3, 0.4) is 0 Å². The molecule has 0 atom stereocenters. The lowest BCUT2D eigenvalue weighted by Crippen LogP contribution is -2.29. The molecule has 1 aliphatic carbocycles. The van der Waals surface area contributed by atoms with Gasteiger partial charge in [-0.05, 0) is 109 Å². The van der Waals surface area contributed by atoms with E-state index < -0.39 is 15.1 Å². The summed E-state index contributed by atoms with van der Waals surface area (Å²) in [5.41, 5.74) is 3.67. The molecule has 0 unspecified atom stereocenters. The molecule has 3 aromatic rings. The molecule has 1 saturated carbocycles. The van der Waals surface area contributed by atoms with Gasteiger partial charge in [-0.15, -0.1) is 0 Å². The van der Waals surface area contributed by atoms with Crippen molar-refractivity contribution in [1.29, 1.82) is 0 Å². The lowest BCUT2D eigenvalue weighted by atomic mass is 9.80. The topological polar surface area (TPSA) is 105 Å². The monoisotopic (exact) mass is 585 g/mol. The number of nitrogens with one attached hydrogen (secondary N) is 3. The number of benzene rings is 2. The fraction of sp³-hybridized carbons (Fsp3) is 0.467. The maximum atomic E-state index is 12.9. The number of aryl methyl sites for hydroxylation is 1. The average Bonchev–Trinajstić information content (AvgIpc) is 2.92. The number of halogens is 1. The molecule has 0 saturated heterocycles. The molecule has 4 rings (SSSR count). The van der Waals surface area contributed by atoms with Crippen LogP contribution >= 0.6 is 11.6 Å². The molecule has 1 aromatic heterocycles. The second kappa shape index (κ2) is 12.7. The predicted molar refractivity (Wildman–Crippen MR) is 163 cm³/mol. The molecular weight excluding hydrogens is 546 g/mol. The van der Waals surface area contributed by atoms with E-state index in [1.54, 1.807) is 38.1 Å². The third-order valence-corrected chi connectivity index (χ3v) is 9.85. The van der Waals surface area contributed by atoms with E-state index in [0.29, 0.717) is 29.4 Å². The number of hydrogen-bond donors (Lipinski definition) is 3. The van der Waals surface area contributed by atoms with Gasteiger partial charge in [-0.2, -0.15) is 4.98 Å². The SMILES string of the molecule is CN[C@H]1CC[C@H](c2cc(OC(C)C)c(Nc3ncc(Cl)c(Nc4ccccc4S(=O)(=O)C(C)C)n3)cc2C)CC1. The smallest absolute Gasteiger partial charge is 0.229 e. The van der Waals surface area contributed by atoms with Crippen molar-refractivity contribution < 1.29 is 13.2 Å². The van der Waals surface area contributed by atoms with Gasteiger partial charge in [-0.3, -0.25) is 0 Å². The summed E-state index contributed by atoms with van der Waals surface area (Å²) < 4.78 is 32.1. The lowest BCUT2D eigenvalue weighted by Gasteiger charge is -2.30. The van der Waals surface area contributed by atoms with Gasteiger partial charge < -0.3 is 20.7 Å². The van der Waals surface area contributed by atoms with E-state index in [1.807, 2.05) is 20.9 Å². The molecular formula is C30H40ClN5O3S. The Labute approximate surface area is 243 Å². The van der Waals surface area contributed by atoms with E-state index in [1.165, 1.54) is 17.3 Å². The Morgan fingerprint density at radius 1 is 1.00 bits per heavy atom. The first-order chi connectivity index (χ1) is 19.0. The van der Waals surface area contributed by atoms with E-state index in [0.717, 1.165) is 37.1 Å². The van der Waals surface area contributed by atoms with Crippen LogP contribution in [-0.2, 0) is 9.84 Å². The largest absolute Gasteiger partial charge is 0.489 e. The number of sulfone groups is 1. The van der Waals surface area contributed by atoms with Crippen molar-refractivity contribution in [2.45, 2.75) is 88.5 Å². The van der Waals surface area contributed by atoms with Crippen LogP contribution in [0, 0.1) is 6.92 Å². The Morgan fingerprint density at radius 3 is 2.35 bits per heavy atom. The summed E-state index contributed by atoms with van der Waals surface area (Å²) in [7, 11) is -1.48. The third-order valence-electron chi connectivity index (χ3n) is 7.36. The van der Waals surface area contributed by atoms with E-state index in [-0.39, 0.29) is 16.0 Å². The number of ether oxygens (including phenoxy) is 1. The average molecular weight is 586 g/mol. The minimum Gasteiger partial charge on any atom is -0.489 e. The van der Waals surface area contributed by atoms with E-state index in [2.05, 4.69) is 45.0 Å². The Hall–Kier alpha value is -2.88. The van der Waals surface area contributed by atoms with Gasteiger partial charge in [-0.25, -0.2) is 13.4 Å². The summed E-state index contributed by atoms with van der Waals surface area (Å²) in [5, 5.41) is 9.52. The third kappa shape index (κ3) is 6.87. The Kier molecular flexibility index (Phi) is 9.59. The zero-order valence-corrected chi connectivity index (χ0v) is 25.7. The van der Waals surface area contributed by atoms with Gasteiger partial charge in [-0.1, -0.05) is 23.7 Å². The fourth-order valence-electron chi connectivity index (χ4n) is 5.12. The maximum Gasteiger partial charge on any atom is 0.229 e. The molecule has 1 heterocycles. The van der Waals surface area contributed by atoms with Crippen LogP contribution in [0.4, 0.5) is 23.1 Å². The van der Waals surface area contributed by atoms with Crippen molar-refractivity contribution in [2.24, 2.45) is 0 Å². The minimum absolute atomic E-state index is 0.0149. The highest BCUT2D eigenvalue weighted by atomic mass is 35.5. The second-order valence-corrected chi connectivity index (χ2v) is 13.8. The zero-order valence-electron chi connectivity index (χ0n) is 24.1. The first-order valence-electron chi connectivity index (χ1n) is 13.9. The highest BCUT2D eigenvalue weighted by Gasteiger charge is 2.25. The highest BCUT2D eigenvalue weighted by Crippen LogP contribution is 2.40. The Bertz CT molecular complexity index is 1440. The molecule has 1 aliphatic rings. The van der Waals surface area contributed by atoms with Crippen molar-refractivity contribution >= 4 is 44.6 Å². The Balaban J connectivity index is 1.64. The van der Waals surface area contributed by atoms with Gasteiger partial charge in [0.1, 0.15) is 10.8 Å². The molecule has 0 amide bonds. The van der Waals surface area contributed by atoms with Crippen LogP contribution in [-0.4, -0.2) is 42.8 Å². The molecule has 0 radical (unpaired) electrons. The molecule has 8 nitrogen and oxygen atoms in total. The molecule has 0 bridgehead atoms. The summed E-state index contributed by atoms with van der Waals surface area (Å²) >= 11 is 6.44. The van der Waals surface area contributed by atoms with E-state index >= 15 is 0 Å². The summed E-state index contributed by atoms with van der Waals surface area (Å²) in [6.45, 7) is 9.45. The van der Waals surface area contributed by atoms with E-state index in [4.69, 9.17) is 16.3 Å². The lowest BCUT2D eigenvalue weighted by molar-refractivity contribution is 0.243. The van der Waals surface area contributed by atoms with Gasteiger partial charge in [0.25, 0.3) is 0 Å². The summed E-state index contributed by atoms with van der Waals surface area (Å²) in [5.74, 6) is 1.85. The van der Waals surface area contributed by atoms with Crippen LogP contribution < -0.4 is 20.7 Å². The molecule has 1 fully saturated rings. The van der Waals surface area contributed by atoms with Gasteiger partial charge in [0.2, 0.25) is 5.95 Å². The van der Waals surface area contributed by atoms with Crippen LogP contribution in [0.15, 0.2) is 47.5 Å². The van der Waals surface area contributed by atoms with E-state index in [9.17, 15) is 8.42 Å². The number of hydrogen-bond acceptors (Lipinski definition) is 8. The molecule has 40 heavy (non-hydrogen) atoms. The van der Waals surface area contributed by atoms with Gasteiger partial charge in [0, 0.05) is 6.04 Å². The van der Waals surface area contributed by atoms with Crippen molar-refractivity contribution in [3.63, 3.8) is 0 Å². The normalized spacial score (nSPS) is 17.7. The summed E-state index contributed by atoms with van der Waals surface area (Å²) in [4.78, 5) is 9.16. The summed E-state index contributed by atoms with van der Waals surface area (Å²) in [6, 6.07) is 11.6. The number of anilines is 4. The quantitative estimate of drug-likeness (QED) is 0.230. The van der Waals surface area contributed by atoms with Crippen LogP contribution in [0.25, 0.3) is 0 Å². The van der Waals surface area contributed by atoms with Crippen LogP contribution in [0.1, 0.15) is 70.4 Å². The zero-order chi connectivity index (χ0) is 29.0. The van der Waals surface area contributed by atoms with Crippen molar-refractivity contribution in [2.75, 3.05) is 17.7 Å². The van der Waals surface area contributed by atoms with Crippen molar-refractivity contribution in [3.8, 4) is 5.75 Å². The predicted octanol–water partition coefficient (Wildman–Crippen LogP) is 7.14. The number of para-hydroxylation sites is 1. The molecule has 2 aromatic carbocycles. The second-order valence-electron chi connectivity index (χ2n) is 10.9. The molecule has 10 heteroatoms. The number of rotatable bonds is 10. The minimum atomic E-state index is -3.52. The van der Waals surface area contributed by atoms with Crippen molar-refractivity contribution in [3.05, 3.63) is 58.7 Å². The Morgan fingerprint density at radius 2 is 1.70 bits per heavy atom. The fourth-order valence-corrected chi connectivity index (χ4v) is 6.46.